The van der Waals surface area contributed by atoms with E-state index in [0.717, 1.165) is 128 Å². The number of phosphoric ester groups is 2. The summed E-state index contributed by atoms with van der Waals surface area (Å²) < 4.78 is 61.3. The first-order valence-corrected chi connectivity index (χ1v) is 46.2. The second-order valence-electron chi connectivity index (χ2n) is 29.0. The van der Waals surface area contributed by atoms with Gasteiger partial charge in [0.2, 0.25) is 0 Å². The standard InChI is InChI=1S/C89H158O16P2/c1-4-7-10-13-16-19-22-25-27-29-31-33-35-37-38-39-40-41-42-43-44-46-48-49-51-53-55-58-60-63-66-69-72-75-87(92)99-78-84(90)79-101-106(95,96)102-80-85(91)81-103-107(97,98)104-83-86(105-89(94)77-74-71-68-65-62-57-24-21-18-15-12-9-6-3)82-100-88(93)76-73-70-67-64-61-59-56-54-52-50-47-45-36-34-32-30-28-26-23-20-17-14-11-8-5-2/h7,10,16-17,19-20,25-28,31-34,37-38,45,47,84-86,90-91H,4-6,8-9,11-15,18,21-24,29-30,35-36,39-44,46,48-83H2,1-3H3,(H,95,96)(H,97,98)/b10-7-,19-16-,20-17-,27-25-,28-26-,33-31-,34-32-,38-37-,47-45-. The molecule has 0 saturated carbocycles. The van der Waals surface area contributed by atoms with Gasteiger partial charge in [-0.05, 0) is 109 Å². The first-order valence-electron chi connectivity index (χ1n) is 43.2. The molecule has 18 heteroatoms. The van der Waals surface area contributed by atoms with Crippen LogP contribution in [0, 0.1) is 0 Å². The summed E-state index contributed by atoms with van der Waals surface area (Å²) in [6, 6.07) is 0. The number of hydrogen-bond donors (Lipinski definition) is 4. The van der Waals surface area contributed by atoms with E-state index in [1.807, 2.05) is 0 Å². The lowest BCUT2D eigenvalue weighted by Gasteiger charge is -2.21. The molecule has 0 rings (SSSR count). The fourth-order valence-corrected chi connectivity index (χ4v) is 13.5. The molecule has 107 heavy (non-hydrogen) atoms. The van der Waals surface area contributed by atoms with Crippen LogP contribution < -0.4 is 0 Å². The van der Waals surface area contributed by atoms with Crippen molar-refractivity contribution in [3.8, 4) is 0 Å². The monoisotopic (exact) mass is 1550 g/mol. The Hall–Kier alpha value is -3.79. The molecule has 4 N–H and O–H groups in total. The predicted molar refractivity (Wildman–Crippen MR) is 445 cm³/mol. The van der Waals surface area contributed by atoms with Gasteiger partial charge in [-0.2, -0.15) is 0 Å². The van der Waals surface area contributed by atoms with Gasteiger partial charge in [0.05, 0.1) is 26.4 Å². The van der Waals surface area contributed by atoms with E-state index >= 15 is 0 Å². The molecule has 0 aromatic heterocycles. The van der Waals surface area contributed by atoms with E-state index in [0.29, 0.717) is 19.3 Å². The van der Waals surface area contributed by atoms with Crippen molar-refractivity contribution in [2.45, 2.75) is 399 Å². The van der Waals surface area contributed by atoms with E-state index < -0.39 is 91.5 Å². The van der Waals surface area contributed by atoms with E-state index in [-0.39, 0.29) is 19.3 Å². The Morgan fingerprint density at radius 1 is 0.271 bits per heavy atom. The van der Waals surface area contributed by atoms with E-state index in [9.17, 15) is 43.5 Å². The smallest absolute Gasteiger partial charge is 0.463 e. The van der Waals surface area contributed by atoms with Crippen LogP contribution in [0.15, 0.2) is 109 Å². The molecule has 0 aliphatic heterocycles. The number of ether oxygens (including phenoxy) is 3. The molecule has 0 fully saturated rings. The topological polar surface area (TPSA) is 231 Å². The number of carbonyl (C=O) groups excluding carboxylic acids is 3. The Balaban J connectivity index is 4.41. The zero-order chi connectivity index (χ0) is 78.0. The minimum atomic E-state index is -4.93. The van der Waals surface area contributed by atoms with Crippen LogP contribution in [0.4, 0.5) is 0 Å². The highest BCUT2D eigenvalue weighted by molar-refractivity contribution is 7.47. The number of hydrogen-bond acceptors (Lipinski definition) is 14. The summed E-state index contributed by atoms with van der Waals surface area (Å²) in [6.45, 7) is 2.59. The Labute approximate surface area is 653 Å². The number of rotatable bonds is 82. The molecule has 620 valence electrons. The molecule has 5 unspecified atom stereocenters. The average molecular weight is 1550 g/mol. The molecule has 0 heterocycles. The van der Waals surface area contributed by atoms with E-state index in [4.69, 9.17) is 32.3 Å². The van der Waals surface area contributed by atoms with Crippen LogP contribution in [0.2, 0.25) is 0 Å². The Morgan fingerprint density at radius 2 is 0.495 bits per heavy atom. The first-order chi connectivity index (χ1) is 52.2. The fraction of sp³-hybridized carbons (Fsp3) is 0.764. The van der Waals surface area contributed by atoms with Gasteiger partial charge in [0.1, 0.15) is 25.4 Å². The summed E-state index contributed by atoms with van der Waals surface area (Å²) >= 11 is 0. The lowest BCUT2D eigenvalue weighted by Crippen LogP contribution is -2.30. The van der Waals surface area contributed by atoms with Crippen molar-refractivity contribution in [2.75, 3.05) is 39.6 Å². The molecule has 16 nitrogen and oxygen atoms in total. The van der Waals surface area contributed by atoms with Crippen molar-refractivity contribution in [3.05, 3.63) is 109 Å². The summed E-state index contributed by atoms with van der Waals surface area (Å²) in [4.78, 5) is 58.7. The quantitative estimate of drug-likeness (QED) is 0.0146. The molecular formula is C89H158O16P2. The molecule has 0 radical (unpaired) electrons. The number of carbonyl (C=O) groups is 3. The lowest BCUT2D eigenvalue weighted by molar-refractivity contribution is -0.161. The molecular weight excluding hydrogens is 1390 g/mol. The second-order valence-corrected chi connectivity index (χ2v) is 31.9. The SMILES string of the molecule is CC/C=C\C/C=C\C/C=C\C/C=C\C/C=C\CCCCCCCCCCCCCCCCCCCC(=O)OCC(O)COP(=O)(O)OCC(O)COP(=O)(O)OCC(COC(=O)CCCCCCCCCCC/C=C\C/C=C\C/C=C\C/C=C\CCCCC)OC(=O)CCCCCCCCCCCCCCC. The molecule has 5 atom stereocenters. The van der Waals surface area contributed by atoms with Crippen LogP contribution in [0.3, 0.4) is 0 Å². The zero-order valence-corrected chi connectivity index (χ0v) is 69.8. The first kappa shape index (κ1) is 103. The highest BCUT2D eigenvalue weighted by Crippen LogP contribution is 2.45. The van der Waals surface area contributed by atoms with Gasteiger partial charge < -0.3 is 34.2 Å². The minimum absolute atomic E-state index is 0.107. The molecule has 0 spiro atoms. The number of esters is 3. The number of allylic oxidation sites excluding steroid dienone is 18. The predicted octanol–water partition coefficient (Wildman–Crippen LogP) is 25.9. The van der Waals surface area contributed by atoms with Crippen LogP contribution in [0.5, 0.6) is 0 Å². The summed E-state index contributed by atoms with van der Waals surface area (Å²) in [5.74, 6) is -1.56. The van der Waals surface area contributed by atoms with E-state index in [1.54, 1.807) is 0 Å². The Bertz CT molecular complexity index is 2380. The van der Waals surface area contributed by atoms with Crippen molar-refractivity contribution in [3.63, 3.8) is 0 Å². The second kappa shape index (κ2) is 81.7. The van der Waals surface area contributed by atoms with Gasteiger partial charge in [0.15, 0.2) is 6.10 Å². The van der Waals surface area contributed by atoms with Gasteiger partial charge in [-0.3, -0.25) is 32.5 Å². The van der Waals surface area contributed by atoms with Crippen LogP contribution in [0.1, 0.15) is 380 Å². The highest BCUT2D eigenvalue weighted by Gasteiger charge is 2.29. The van der Waals surface area contributed by atoms with Crippen molar-refractivity contribution >= 4 is 33.6 Å². The van der Waals surface area contributed by atoms with Crippen molar-refractivity contribution in [1.82, 2.24) is 0 Å². The molecule has 0 amide bonds. The van der Waals surface area contributed by atoms with Crippen molar-refractivity contribution in [1.29, 1.82) is 0 Å². The van der Waals surface area contributed by atoms with Crippen LogP contribution in [0.25, 0.3) is 0 Å². The third-order valence-corrected chi connectivity index (χ3v) is 20.4. The third-order valence-electron chi connectivity index (χ3n) is 18.5. The molecule has 0 aliphatic carbocycles. The molecule has 0 bridgehead atoms. The summed E-state index contributed by atoms with van der Waals surface area (Å²) in [7, 11) is -9.78. The molecule has 0 saturated heterocycles. The highest BCUT2D eigenvalue weighted by atomic mass is 31.2. The normalized spacial score (nSPS) is 14.4. The van der Waals surface area contributed by atoms with E-state index in [1.165, 1.54) is 193 Å². The van der Waals surface area contributed by atoms with Crippen molar-refractivity contribution < 1.29 is 75.8 Å². The Kier molecular flexibility index (Phi) is 78.8. The number of aliphatic hydroxyl groups is 2. The number of unbranched alkanes of at least 4 members (excludes halogenated alkanes) is 41. The summed E-state index contributed by atoms with van der Waals surface area (Å²) in [5, 5.41) is 20.7. The maximum Gasteiger partial charge on any atom is 0.472 e. The van der Waals surface area contributed by atoms with Crippen LogP contribution in [-0.2, 0) is 55.8 Å². The van der Waals surface area contributed by atoms with Crippen molar-refractivity contribution in [2.24, 2.45) is 0 Å². The third kappa shape index (κ3) is 83.0. The zero-order valence-electron chi connectivity index (χ0n) is 68.0. The molecule has 0 aliphatic rings. The summed E-state index contributed by atoms with van der Waals surface area (Å²) in [5.41, 5.74) is 0. The average Bonchev–Trinajstić information content (AvgIpc) is 0.908. The maximum atomic E-state index is 13.0. The molecule has 0 aromatic rings. The van der Waals surface area contributed by atoms with Gasteiger partial charge in [0, 0.05) is 19.3 Å². The summed E-state index contributed by atoms with van der Waals surface area (Å²) in [6.07, 6.45) is 97.2. The van der Waals surface area contributed by atoms with E-state index in [2.05, 4.69) is 130 Å². The maximum absolute atomic E-state index is 13.0. The molecule has 0 aromatic carbocycles. The largest absolute Gasteiger partial charge is 0.472 e. The van der Waals surface area contributed by atoms with Gasteiger partial charge in [0.25, 0.3) is 0 Å². The Morgan fingerprint density at radius 3 is 0.804 bits per heavy atom. The fourth-order valence-electron chi connectivity index (χ4n) is 11.9. The lowest BCUT2D eigenvalue weighted by atomic mass is 10.0. The van der Waals surface area contributed by atoms with Crippen LogP contribution >= 0.6 is 15.6 Å². The van der Waals surface area contributed by atoms with Gasteiger partial charge in [-0.15, -0.1) is 0 Å². The number of phosphoric acid groups is 2. The van der Waals surface area contributed by atoms with Crippen LogP contribution in [-0.4, -0.2) is 95.9 Å². The minimum Gasteiger partial charge on any atom is -0.463 e. The van der Waals surface area contributed by atoms with Gasteiger partial charge >= 0.3 is 33.6 Å². The van der Waals surface area contributed by atoms with Gasteiger partial charge in [-0.1, -0.05) is 361 Å². The van der Waals surface area contributed by atoms with Gasteiger partial charge in [-0.25, -0.2) is 9.13 Å². The number of aliphatic hydroxyl groups excluding tert-OH is 2.